The lowest BCUT2D eigenvalue weighted by Gasteiger charge is -2.14. The molecule has 0 aromatic rings. The zero-order valence-electron chi connectivity index (χ0n) is 7.91. The molecule has 1 aliphatic carbocycles. The molecule has 0 N–H and O–H groups in total. The maximum atomic E-state index is 2.34. The molecule has 0 nitrogen and oxygen atoms in total. The van der Waals surface area contributed by atoms with E-state index < -0.39 is 0 Å². The molecule has 0 atom stereocenters. The second kappa shape index (κ2) is 3.75. The molecule has 62 valence electrons. The van der Waals surface area contributed by atoms with E-state index in [1.54, 1.807) is 11.1 Å². The molecule has 0 amide bonds. The van der Waals surface area contributed by atoms with Crippen LogP contribution in [0.1, 0.15) is 46.5 Å². The van der Waals surface area contributed by atoms with Gasteiger partial charge in [0.1, 0.15) is 0 Å². The molecule has 0 saturated carbocycles. The third kappa shape index (κ3) is 2.53. The van der Waals surface area contributed by atoms with Crippen LogP contribution >= 0.6 is 0 Å². The van der Waals surface area contributed by atoms with Gasteiger partial charge in [-0.3, -0.25) is 0 Å². The van der Waals surface area contributed by atoms with E-state index in [0.29, 0.717) is 0 Å². The van der Waals surface area contributed by atoms with Crippen molar-refractivity contribution in [3.63, 3.8) is 0 Å². The van der Waals surface area contributed by atoms with Crippen LogP contribution < -0.4 is 0 Å². The minimum absolute atomic E-state index is 1.30. The highest BCUT2D eigenvalue weighted by atomic mass is 14.1. The van der Waals surface area contributed by atoms with Gasteiger partial charge in [-0.25, -0.2) is 0 Å². The predicted octanol–water partition coefficient (Wildman–Crippen LogP) is 3.84. The molecule has 0 aromatic carbocycles. The summed E-state index contributed by atoms with van der Waals surface area (Å²) in [5.74, 6) is 0. The second-order valence-electron chi connectivity index (χ2n) is 3.73. The lowest BCUT2D eigenvalue weighted by Crippen LogP contribution is -1.94. The van der Waals surface area contributed by atoms with Gasteiger partial charge in [0.15, 0.2) is 0 Å². The molecule has 0 aromatic heterocycles. The zero-order valence-corrected chi connectivity index (χ0v) is 7.91. The van der Waals surface area contributed by atoms with E-state index >= 15 is 0 Å². The van der Waals surface area contributed by atoms with E-state index in [1.165, 1.54) is 31.3 Å². The Bertz CT molecular complexity index is 190. The van der Waals surface area contributed by atoms with Crippen molar-refractivity contribution in [2.45, 2.75) is 46.5 Å². The van der Waals surface area contributed by atoms with Crippen LogP contribution in [-0.4, -0.2) is 0 Å². The maximum absolute atomic E-state index is 2.34. The minimum atomic E-state index is 1.30. The standard InChI is InChI=1S/C11H18/c1-9(2)8-11-7-5-4-6-10(11)3/h8H,4-7H2,1-3H3. The summed E-state index contributed by atoms with van der Waals surface area (Å²) in [5.41, 5.74) is 4.63. The van der Waals surface area contributed by atoms with E-state index in [9.17, 15) is 0 Å². The Labute approximate surface area is 70.0 Å². The van der Waals surface area contributed by atoms with E-state index in [2.05, 4.69) is 26.8 Å². The van der Waals surface area contributed by atoms with Crippen molar-refractivity contribution in [3.8, 4) is 0 Å². The Morgan fingerprint density at radius 1 is 1.18 bits per heavy atom. The molecule has 0 heterocycles. The maximum Gasteiger partial charge on any atom is -0.0279 e. The topological polar surface area (TPSA) is 0 Å². The van der Waals surface area contributed by atoms with Crippen LogP contribution in [-0.2, 0) is 0 Å². The normalized spacial score (nSPS) is 18.5. The molecule has 0 saturated heterocycles. The fourth-order valence-corrected chi connectivity index (χ4v) is 1.62. The Kier molecular flexibility index (Phi) is 2.92. The SMILES string of the molecule is CC(C)=CC1=C(C)CCCC1. The van der Waals surface area contributed by atoms with Gasteiger partial charge in [0.2, 0.25) is 0 Å². The first kappa shape index (κ1) is 8.58. The molecule has 0 bridgehead atoms. The Morgan fingerprint density at radius 3 is 2.36 bits per heavy atom. The van der Waals surface area contributed by atoms with Gasteiger partial charge in [0.25, 0.3) is 0 Å². The van der Waals surface area contributed by atoms with Gasteiger partial charge in [0, 0.05) is 0 Å². The molecule has 11 heavy (non-hydrogen) atoms. The fourth-order valence-electron chi connectivity index (χ4n) is 1.62. The average molecular weight is 150 g/mol. The number of allylic oxidation sites excluding steroid dienone is 4. The summed E-state index contributed by atoms with van der Waals surface area (Å²) in [6.07, 6.45) is 7.74. The molecule has 0 radical (unpaired) electrons. The van der Waals surface area contributed by atoms with Crippen molar-refractivity contribution in [2.24, 2.45) is 0 Å². The molecule has 0 spiro atoms. The van der Waals surface area contributed by atoms with Crippen LogP contribution in [0, 0.1) is 0 Å². The second-order valence-corrected chi connectivity index (χ2v) is 3.73. The molecule has 0 aliphatic heterocycles. The van der Waals surface area contributed by atoms with Gasteiger partial charge in [-0.2, -0.15) is 0 Å². The lowest BCUT2D eigenvalue weighted by molar-refractivity contribution is 0.682. The molecular weight excluding hydrogens is 132 g/mol. The molecule has 0 fully saturated rings. The molecule has 0 unspecified atom stereocenters. The highest BCUT2D eigenvalue weighted by molar-refractivity contribution is 5.28. The van der Waals surface area contributed by atoms with Crippen LogP contribution in [0.15, 0.2) is 22.8 Å². The summed E-state index contributed by atoms with van der Waals surface area (Å²) in [4.78, 5) is 0. The Hall–Kier alpha value is -0.520. The number of hydrogen-bond donors (Lipinski definition) is 0. The van der Waals surface area contributed by atoms with Crippen molar-refractivity contribution >= 4 is 0 Å². The third-order valence-electron chi connectivity index (χ3n) is 2.26. The van der Waals surface area contributed by atoms with Gasteiger partial charge in [-0.1, -0.05) is 17.2 Å². The first-order valence-electron chi connectivity index (χ1n) is 4.53. The number of hydrogen-bond acceptors (Lipinski definition) is 0. The summed E-state index contributed by atoms with van der Waals surface area (Å²) in [6.45, 7) is 6.62. The minimum Gasteiger partial charge on any atom is -0.0762 e. The average Bonchev–Trinajstić information content (AvgIpc) is 1.93. The largest absolute Gasteiger partial charge is 0.0762 e. The summed E-state index contributed by atoms with van der Waals surface area (Å²) >= 11 is 0. The monoisotopic (exact) mass is 150 g/mol. The van der Waals surface area contributed by atoms with E-state index in [-0.39, 0.29) is 0 Å². The van der Waals surface area contributed by atoms with Crippen LogP contribution in [0.2, 0.25) is 0 Å². The molecule has 0 heteroatoms. The van der Waals surface area contributed by atoms with Crippen molar-refractivity contribution in [1.29, 1.82) is 0 Å². The van der Waals surface area contributed by atoms with Crippen molar-refractivity contribution in [3.05, 3.63) is 22.8 Å². The Morgan fingerprint density at radius 2 is 1.82 bits per heavy atom. The van der Waals surface area contributed by atoms with Crippen molar-refractivity contribution < 1.29 is 0 Å². The Balaban J connectivity index is 2.75. The van der Waals surface area contributed by atoms with Crippen LogP contribution in [0.3, 0.4) is 0 Å². The zero-order chi connectivity index (χ0) is 8.27. The lowest BCUT2D eigenvalue weighted by atomic mass is 9.92. The van der Waals surface area contributed by atoms with E-state index in [0.717, 1.165) is 0 Å². The van der Waals surface area contributed by atoms with Crippen LogP contribution in [0.5, 0.6) is 0 Å². The van der Waals surface area contributed by atoms with Gasteiger partial charge >= 0.3 is 0 Å². The molecule has 1 aliphatic rings. The summed E-state index contributed by atoms with van der Waals surface area (Å²) in [7, 11) is 0. The van der Waals surface area contributed by atoms with Crippen LogP contribution in [0.25, 0.3) is 0 Å². The number of rotatable bonds is 1. The summed E-state index contributed by atoms with van der Waals surface area (Å²) in [6, 6.07) is 0. The van der Waals surface area contributed by atoms with Gasteiger partial charge in [0.05, 0.1) is 0 Å². The highest BCUT2D eigenvalue weighted by Crippen LogP contribution is 2.25. The van der Waals surface area contributed by atoms with Gasteiger partial charge in [-0.15, -0.1) is 0 Å². The summed E-state index contributed by atoms with van der Waals surface area (Å²) < 4.78 is 0. The van der Waals surface area contributed by atoms with Gasteiger partial charge < -0.3 is 0 Å². The highest BCUT2D eigenvalue weighted by Gasteiger charge is 2.05. The first-order chi connectivity index (χ1) is 5.20. The summed E-state index contributed by atoms with van der Waals surface area (Å²) in [5, 5.41) is 0. The van der Waals surface area contributed by atoms with E-state index in [4.69, 9.17) is 0 Å². The predicted molar refractivity (Wildman–Crippen MR) is 50.6 cm³/mol. The third-order valence-corrected chi connectivity index (χ3v) is 2.26. The molecule has 1 rings (SSSR count). The first-order valence-corrected chi connectivity index (χ1v) is 4.53. The quantitative estimate of drug-likeness (QED) is 0.532. The van der Waals surface area contributed by atoms with Crippen LogP contribution in [0.4, 0.5) is 0 Å². The van der Waals surface area contributed by atoms with Crippen molar-refractivity contribution in [1.82, 2.24) is 0 Å². The van der Waals surface area contributed by atoms with E-state index in [1.807, 2.05) is 0 Å². The van der Waals surface area contributed by atoms with Crippen molar-refractivity contribution in [2.75, 3.05) is 0 Å². The van der Waals surface area contributed by atoms with Gasteiger partial charge in [-0.05, 0) is 52.0 Å². The molecular formula is C11H18. The fraction of sp³-hybridized carbons (Fsp3) is 0.636. The smallest absolute Gasteiger partial charge is 0.0279 e.